The summed E-state index contributed by atoms with van der Waals surface area (Å²) in [6.07, 6.45) is 2.55. The first kappa shape index (κ1) is 21.7. The highest BCUT2D eigenvalue weighted by molar-refractivity contribution is 6.31. The van der Waals surface area contributed by atoms with E-state index in [1.54, 1.807) is 22.9 Å². The number of ether oxygens (including phenoxy) is 1. The van der Waals surface area contributed by atoms with E-state index < -0.39 is 23.6 Å². The normalized spacial score (nSPS) is 15.1. The van der Waals surface area contributed by atoms with Crippen molar-refractivity contribution >= 4 is 29.0 Å². The van der Waals surface area contributed by atoms with Gasteiger partial charge in [-0.15, -0.1) is 0 Å². The van der Waals surface area contributed by atoms with Gasteiger partial charge in [0.2, 0.25) is 0 Å². The number of nitrogens with zero attached hydrogens (tertiary/aromatic N) is 2. The minimum Gasteiger partial charge on any atom is -0.479 e. The van der Waals surface area contributed by atoms with Gasteiger partial charge in [0.15, 0.2) is 23.5 Å². The van der Waals surface area contributed by atoms with Crippen molar-refractivity contribution in [3.05, 3.63) is 77.7 Å². The number of hydrogen-bond donors (Lipinski definition) is 1. The third-order valence-electron chi connectivity index (χ3n) is 5.05. The second-order valence-corrected chi connectivity index (χ2v) is 7.71. The highest BCUT2D eigenvalue weighted by Crippen LogP contribution is 2.30. The Morgan fingerprint density at radius 3 is 2.84 bits per heavy atom. The molecule has 0 saturated heterocycles. The van der Waals surface area contributed by atoms with Crippen LogP contribution in [0.5, 0.6) is 5.75 Å². The van der Waals surface area contributed by atoms with E-state index in [-0.39, 0.29) is 18.7 Å². The van der Waals surface area contributed by atoms with Crippen LogP contribution in [0.1, 0.15) is 23.2 Å². The number of carbonyl (C=O) groups excluding carboxylic acids is 2. The number of amides is 1. The molecule has 2 heterocycles. The monoisotopic (exact) mass is 457 g/mol. The molecule has 1 aliphatic rings. The van der Waals surface area contributed by atoms with Crippen LogP contribution in [0, 0.1) is 11.6 Å². The summed E-state index contributed by atoms with van der Waals surface area (Å²) in [6.45, 7) is 4.22. The number of imidazole rings is 1. The van der Waals surface area contributed by atoms with Gasteiger partial charge in [0, 0.05) is 35.4 Å². The smallest absolute Gasteiger partial charge is 0.261 e. The molecule has 1 atom stereocenters. The molecule has 0 aliphatic carbocycles. The van der Waals surface area contributed by atoms with Crippen LogP contribution in [0.25, 0.3) is 17.0 Å². The number of nitrogens with one attached hydrogen (secondary N) is 1. The van der Waals surface area contributed by atoms with Gasteiger partial charge in [-0.2, -0.15) is 0 Å². The molecule has 3 aromatic rings. The van der Waals surface area contributed by atoms with Gasteiger partial charge < -0.3 is 14.6 Å². The molecule has 0 bridgehead atoms. The van der Waals surface area contributed by atoms with Crippen molar-refractivity contribution in [3.63, 3.8) is 0 Å². The first-order chi connectivity index (χ1) is 15.3. The Morgan fingerprint density at radius 1 is 1.25 bits per heavy atom. The highest BCUT2D eigenvalue weighted by Gasteiger charge is 2.31. The Labute approximate surface area is 187 Å². The molecular formula is C23H18ClF2N3O3. The molecule has 4 rings (SSSR count). The molecule has 164 valence electrons. The fraction of sp³-hybridized carbons (Fsp3) is 0.174. The zero-order valence-corrected chi connectivity index (χ0v) is 17.5. The second-order valence-electron chi connectivity index (χ2n) is 7.28. The van der Waals surface area contributed by atoms with Crippen molar-refractivity contribution < 1.29 is 23.1 Å². The number of benzene rings is 2. The van der Waals surface area contributed by atoms with E-state index >= 15 is 0 Å². The standard InChI is InChI=1S/C23H18ClF2N3O3/c1-13(29-11-19(28-12-29)14-2-4-17(25)18(26)8-14)6-7-27-23(31)22-10-20(30)16-9-15(24)3-5-21(16)32-22/h2-5,8-9,11-12,22H,1,6-7,10H2,(H,27,31). The molecule has 0 radical (unpaired) electrons. The Bertz CT molecular complexity index is 1220. The quantitative estimate of drug-likeness (QED) is 0.592. The third-order valence-corrected chi connectivity index (χ3v) is 5.29. The SMILES string of the molecule is C=C(CCNC(=O)C1CC(=O)c2cc(Cl)ccc2O1)n1cnc(-c2ccc(F)c(F)c2)c1. The zero-order valence-electron chi connectivity index (χ0n) is 16.8. The molecule has 0 spiro atoms. The summed E-state index contributed by atoms with van der Waals surface area (Å²) < 4.78 is 33.8. The topological polar surface area (TPSA) is 73.2 Å². The average molecular weight is 458 g/mol. The fourth-order valence-electron chi connectivity index (χ4n) is 3.32. The van der Waals surface area contributed by atoms with Crippen LogP contribution in [-0.2, 0) is 4.79 Å². The predicted octanol–water partition coefficient (Wildman–Crippen LogP) is 4.49. The minimum absolute atomic E-state index is 0.0702. The second kappa shape index (κ2) is 8.92. The summed E-state index contributed by atoms with van der Waals surface area (Å²) in [7, 11) is 0. The lowest BCUT2D eigenvalue weighted by molar-refractivity contribution is -0.128. The van der Waals surface area contributed by atoms with Gasteiger partial charge in [0.1, 0.15) is 5.75 Å². The summed E-state index contributed by atoms with van der Waals surface area (Å²) in [5, 5.41) is 3.17. The number of carbonyl (C=O) groups is 2. The van der Waals surface area contributed by atoms with Gasteiger partial charge in [0.25, 0.3) is 5.91 Å². The maximum absolute atomic E-state index is 13.4. The van der Waals surface area contributed by atoms with Crippen LogP contribution in [0.4, 0.5) is 8.78 Å². The number of Topliss-reactive ketones (excluding diaryl/α,β-unsaturated/α-hetero) is 1. The van der Waals surface area contributed by atoms with Crippen LogP contribution in [0.3, 0.4) is 0 Å². The van der Waals surface area contributed by atoms with Crippen molar-refractivity contribution in [2.45, 2.75) is 18.9 Å². The van der Waals surface area contributed by atoms with Crippen LogP contribution >= 0.6 is 11.6 Å². The number of aromatic nitrogens is 2. The molecule has 0 fully saturated rings. The van der Waals surface area contributed by atoms with Gasteiger partial charge in [0.05, 0.1) is 24.0 Å². The lowest BCUT2D eigenvalue weighted by atomic mass is 10.0. The Kier molecular flexibility index (Phi) is 6.05. The maximum atomic E-state index is 13.4. The van der Waals surface area contributed by atoms with E-state index in [4.69, 9.17) is 16.3 Å². The van der Waals surface area contributed by atoms with Gasteiger partial charge in [-0.05, 0) is 36.4 Å². The Morgan fingerprint density at radius 2 is 2.06 bits per heavy atom. The number of fused-ring (bicyclic) bond motifs is 1. The van der Waals surface area contributed by atoms with Crippen LogP contribution in [-0.4, -0.2) is 33.9 Å². The first-order valence-electron chi connectivity index (χ1n) is 9.76. The molecule has 1 amide bonds. The summed E-state index contributed by atoms with van der Waals surface area (Å²) >= 11 is 5.91. The van der Waals surface area contributed by atoms with E-state index in [1.807, 2.05) is 0 Å². The molecule has 0 saturated carbocycles. The largest absolute Gasteiger partial charge is 0.479 e. The maximum Gasteiger partial charge on any atom is 0.261 e. The number of hydrogen-bond acceptors (Lipinski definition) is 4. The molecule has 1 aromatic heterocycles. The van der Waals surface area contributed by atoms with E-state index in [0.29, 0.717) is 39.7 Å². The van der Waals surface area contributed by atoms with Crippen molar-refractivity contribution in [1.29, 1.82) is 0 Å². The van der Waals surface area contributed by atoms with E-state index in [9.17, 15) is 18.4 Å². The molecule has 1 aliphatic heterocycles. The molecule has 2 aromatic carbocycles. The molecule has 1 unspecified atom stereocenters. The lowest BCUT2D eigenvalue weighted by Gasteiger charge is -2.24. The van der Waals surface area contributed by atoms with Crippen molar-refractivity contribution in [2.75, 3.05) is 6.54 Å². The molecule has 9 heteroatoms. The van der Waals surface area contributed by atoms with Crippen molar-refractivity contribution in [2.24, 2.45) is 0 Å². The molecule has 1 N–H and O–H groups in total. The lowest BCUT2D eigenvalue weighted by Crippen LogP contribution is -2.42. The number of rotatable bonds is 6. The minimum atomic E-state index is -0.951. The zero-order chi connectivity index (χ0) is 22.8. The number of halogens is 3. The Hall–Kier alpha value is -3.52. The predicted molar refractivity (Wildman–Crippen MR) is 115 cm³/mol. The van der Waals surface area contributed by atoms with Crippen molar-refractivity contribution in [3.8, 4) is 17.0 Å². The molecule has 6 nitrogen and oxygen atoms in total. The first-order valence-corrected chi connectivity index (χ1v) is 10.1. The fourth-order valence-corrected chi connectivity index (χ4v) is 3.49. The van der Waals surface area contributed by atoms with Gasteiger partial charge in [-0.1, -0.05) is 18.2 Å². The van der Waals surface area contributed by atoms with Gasteiger partial charge in [-0.25, -0.2) is 13.8 Å². The summed E-state index contributed by atoms with van der Waals surface area (Å²) in [5.41, 5.74) is 1.89. The molecule has 32 heavy (non-hydrogen) atoms. The average Bonchev–Trinajstić information content (AvgIpc) is 3.26. The third kappa shape index (κ3) is 4.55. The van der Waals surface area contributed by atoms with Gasteiger partial charge in [-0.3, -0.25) is 9.59 Å². The van der Waals surface area contributed by atoms with E-state index in [1.165, 1.54) is 18.5 Å². The van der Waals surface area contributed by atoms with Crippen LogP contribution in [0.15, 0.2) is 55.5 Å². The summed E-state index contributed by atoms with van der Waals surface area (Å²) in [5.74, 6) is -2.16. The number of ketones is 1. The molecular weight excluding hydrogens is 440 g/mol. The summed E-state index contributed by atoms with van der Waals surface area (Å²) in [4.78, 5) is 28.9. The van der Waals surface area contributed by atoms with E-state index in [0.717, 1.165) is 12.1 Å². The highest BCUT2D eigenvalue weighted by atomic mass is 35.5. The van der Waals surface area contributed by atoms with Gasteiger partial charge >= 0.3 is 0 Å². The van der Waals surface area contributed by atoms with Crippen LogP contribution < -0.4 is 10.1 Å². The van der Waals surface area contributed by atoms with Crippen molar-refractivity contribution in [1.82, 2.24) is 14.9 Å². The summed E-state index contributed by atoms with van der Waals surface area (Å²) in [6, 6.07) is 8.24. The van der Waals surface area contributed by atoms with Crippen LogP contribution in [0.2, 0.25) is 5.02 Å². The Balaban J connectivity index is 1.32. The van der Waals surface area contributed by atoms with E-state index in [2.05, 4.69) is 16.9 Å².